The molecule has 1 amide bonds. The van der Waals surface area contributed by atoms with Crippen LogP contribution in [0.5, 0.6) is 0 Å². The van der Waals surface area contributed by atoms with Crippen molar-refractivity contribution in [2.75, 3.05) is 6.54 Å². The van der Waals surface area contributed by atoms with Crippen molar-refractivity contribution < 1.29 is 22.0 Å². The first-order valence-electron chi connectivity index (χ1n) is 10.1. The highest BCUT2D eigenvalue weighted by Gasteiger charge is 2.34. The number of amides is 1. The molecule has 1 fully saturated rings. The third-order valence-electron chi connectivity index (χ3n) is 5.45. The lowest BCUT2D eigenvalue weighted by Crippen LogP contribution is -2.47. The molecular formula is C22H26F2N2O3S. The maximum absolute atomic E-state index is 13.3. The van der Waals surface area contributed by atoms with Gasteiger partial charge in [-0.05, 0) is 61.7 Å². The Balaban J connectivity index is 1.79. The fourth-order valence-corrected chi connectivity index (χ4v) is 5.43. The van der Waals surface area contributed by atoms with Gasteiger partial charge in [-0.2, -0.15) is 4.31 Å². The molecule has 1 saturated carbocycles. The largest absolute Gasteiger partial charge is 0.348 e. The lowest BCUT2D eigenvalue weighted by molar-refractivity contribution is -0.122. The van der Waals surface area contributed by atoms with E-state index in [4.69, 9.17) is 0 Å². The number of sulfonamides is 1. The van der Waals surface area contributed by atoms with E-state index in [1.165, 1.54) is 28.6 Å². The number of hydrogen-bond donors (Lipinski definition) is 1. The third kappa shape index (κ3) is 5.43. The smallest absolute Gasteiger partial charge is 0.243 e. The topological polar surface area (TPSA) is 66.5 Å². The Bertz CT molecular complexity index is 957. The molecule has 162 valence electrons. The number of nitrogens with one attached hydrogen (secondary N) is 1. The van der Waals surface area contributed by atoms with Crippen molar-refractivity contribution in [3.8, 4) is 0 Å². The van der Waals surface area contributed by atoms with E-state index in [0.29, 0.717) is 12.8 Å². The van der Waals surface area contributed by atoms with Crippen molar-refractivity contribution in [1.29, 1.82) is 0 Å². The van der Waals surface area contributed by atoms with Crippen LogP contribution in [0.1, 0.15) is 50.6 Å². The standard InChI is InChI=1S/C22H26F2N2O3S/c1-16(17-7-9-18(23)10-8-17)25-22(27)15-26(20-5-3-2-4-6-20)30(28,29)21-13-11-19(24)12-14-21/h7-14,16,20H,2-6,15H2,1H3,(H,25,27). The van der Waals surface area contributed by atoms with Crippen molar-refractivity contribution in [3.63, 3.8) is 0 Å². The highest BCUT2D eigenvalue weighted by atomic mass is 32.2. The average molecular weight is 437 g/mol. The summed E-state index contributed by atoms with van der Waals surface area (Å²) >= 11 is 0. The minimum atomic E-state index is -3.96. The maximum atomic E-state index is 13.3. The van der Waals surface area contributed by atoms with Crippen LogP contribution in [0.4, 0.5) is 8.78 Å². The Kier molecular flexibility index (Phi) is 7.20. The van der Waals surface area contributed by atoms with Crippen molar-refractivity contribution in [2.45, 2.75) is 56.0 Å². The highest BCUT2D eigenvalue weighted by Crippen LogP contribution is 2.28. The van der Waals surface area contributed by atoms with Gasteiger partial charge in [-0.1, -0.05) is 31.4 Å². The van der Waals surface area contributed by atoms with Gasteiger partial charge in [0.05, 0.1) is 17.5 Å². The van der Waals surface area contributed by atoms with E-state index < -0.39 is 27.8 Å². The molecule has 1 atom stereocenters. The average Bonchev–Trinajstić information content (AvgIpc) is 2.73. The summed E-state index contributed by atoms with van der Waals surface area (Å²) in [6, 6.07) is 9.74. The van der Waals surface area contributed by atoms with Crippen LogP contribution in [-0.4, -0.2) is 31.2 Å². The minimum Gasteiger partial charge on any atom is -0.348 e. The number of carbonyl (C=O) groups is 1. The van der Waals surface area contributed by atoms with Crippen LogP contribution in [-0.2, 0) is 14.8 Å². The number of hydrogen-bond acceptors (Lipinski definition) is 3. The molecule has 30 heavy (non-hydrogen) atoms. The number of nitrogens with zero attached hydrogens (tertiary/aromatic N) is 1. The monoisotopic (exact) mass is 436 g/mol. The van der Waals surface area contributed by atoms with Crippen molar-refractivity contribution >= 4 is 15.9 Å². The Morgan fingerprint density at radius 1 is 1.00 bits per heavy atom. The predicted molar refractivity (Wildman–Crippen MR) is 110 cm³/mol. The lowest BCUT2D eigenvalue weighted by Gasteiger charge is -2.33. The number of benzene rings is 2. The quantitative estimate of drug-likeness (QED) is 0.709. The van der Waals surface area contributed by atoms with Crippen LogP contribution >= 0.6 is 0 Å². The Hall–Kier alpha value is -2.32. The van der Waals surface area contributed by atoms with E-state index in [-0.39, 0.29) is 23.3 Å². The summed E-state index contributed by atoms with van der Waals surface area (Å²) in [6.45, 7) is 1.43. The summed E-state index contributed by atoms with van der Waals surface area (Å²) in [4.78, 5) is 12.7. The molecule has 0 bridgehead atoms. The molecule has 3 rings (SSSR count). The second-order valence-electron chi connectivity index (χ2n) is 7.64. The molecular weight excluding hydrogens is 410 g/mol. The zero-order valence-electron chi connectivity index (χ0n) is 16.9. The number of rotatable bonds is 7. The van der Waals surface area contributed by atoms with E-state index in [0.717, 1.165) is 37.0 Å². The first kappa shape index (κ1) is 22.4. The van der Waals surface area contributed by atoms with Crippen LogP contribution in [0.25, 0.3) is 0 Å². The first-order chi connectivity index (χ1) is 14.3. The summed E-state index contributed by atoms with van der Waals surface area (Å²) in [7, 11) is -3.96. The van der Waals surface area contributed by atoms with E-state index in [1.54, 1.807) is 19.1 Å². The van der Waals surface area contributed by atoms with Crippen LogP contribution in [0, 0.1) is 11.6 Å². The van der Waals surface area contributed by atoms with Crippen LogP contribution in [0.2, 0.25) is 0 Å². The molecule has 0 aromatic heterocycles. The molecule has 2 aromatic rings. The first-order valence-corrected chi connectivity index (χ1v) is 11.5. The molecule has 1 unspecified atom stereocenters. The summed E-state index contributed by atoms with van der Waals surface area (Å²) in [5.41, 5.74) is 0.718. The second kappa shape index (κ2) is 9.66. The second-order valence-corrected chi connectivity index (χ2v) is 9.53. The molecule has 0 saturated heterocycles. The summed E-state index contributed by atoms with van der Waals surface area (Å²) in [6.07, 6.45) is 4.19. The van der Waals surface area contributed by atoms with Gasteiger partial charge in [0.25, 0.3) is 0 Å². The molecule has 0 aliphatic heterocycles. The van der Waals surface area contributed by atoms with Gasteiger partial charge in [0.2, 0.25) is 15.9 Å². The molecule has 5 nitrogen and oxygen atoms in total. The number of halogens is 2. The number of carbonyl (C=O) groups excluding carboxylic acids is 1. The van der Waals surface area contributed by atoms with Crippen molar-refractivity contribution in [2.24, 2.45) is 0 Å². The Labute approximate surface area is 176 Å². The highest BCUT2D eigenvalue weighted by molar-refractivity contribution is 7.89. The van der Waals surface area contributed by atoms with Gasteiger partial charge in [0.1, 0.15) is 11.6 Å². The van der Waals surface area contributed by atoms with E-state index >= 15 is 0 Å². The maximum Gasteiger partial charge on any atom is 0.243 e. The third-order valence-corrected chi connectivity index (χ3v) is 7.36. The SMILES string of the molecule is CC(NC(=O)CN(C1CCCCC1)S(=O)(=O)c1ccc(F)cc1)c1ccc(F)cc1. The zero-order chi connectivity index (χ0) is 21.7. The van der Waals surface area contributed by atoms with Gasteiger partial charge >= 0.3 is 0 Å². The zero-order valence-corrected chi connectivity index (χ0v) is 17.7. The fourth-order valence-electron chi connectivity index (χ4n) is 3.78. The van der Waals surface area contributed by atoms with Crippen molar-refractivity contribution in [1.82, 2.24) is 9.62 Å². The molecule has 2 aromatic carbocycles. The molecule has 1 aliphatic rings. The summed E-state index contributed by atoms with van der Waals surface area (Å²) in [5.74, 6) is -1.33. The van der Waals surface area contributed by atoms with E-state index in [2.05, 4.69) is 5.32 Å². The van der Waals surface area contributed by atoms with Gasteiger partial charge < -0.3 is 5.32 Å². The molecule has 8 heteroatoms. The van der Waals surface area contributed by atoms with Gasteiger partial charge in [-0.15, -0.1) is 0 Å². The van der Waals surface area contributed by atoms with Crippen LogP contribution in [0.15, 0.2) is 53.4 Å². The Morgan fingerprint density at radius 2 is 1.53 bits per heavy atom. The molecule has 1 N–H and O–H groups in total. The lowest BCUT2D eigenvalue weighted by atomic mass is 9.95. The Morgan fingerprint density at radius 3 is 2.10 bits per heavy atom. The van der Waals surface area contributed by atoms with Crippen molar-refractivity contribution in [3.05, 3.63) is 65.7 Å². The predicted octanol–water partition coefficient (Wildman–Crippen LogP) is 4.17. The van der Waals surface area contributed by atoms with Gasteiger partial charge in [-0.3, -0.25) is 4.79 Å². The summed E-state index contributed by atoms with van der Waals surface area (Å²) < 4.78 is 54.1. The fraction of sp³-hybridized carbons (Fsp3) is 0.409. The minimum absolute atomic E-state index is 0.0335. The van der Waals surface area contributed by atoms with Gasteiger partial charge in [0.15, 0.2) is 0 Å². The van der Waals surface area contributed by atoms with E-state index in [1.807, 2.05) is 0 Å². The molecule has 1 aliphatic carbocycles. The molecule has 0 radical (unpaired) electrons. The van der Waals surface area contributed by atoms with Crippen LogP contribution in [0.3, 0.4) is 0 Å². The summed E-state index contributed by atoms with van der Waals surface area (Å²) in [5, 5.41) is 2.79. The van der Waals surface area contributed by atoms with Crippen LogP contribution < -0.4 is 5.32 Å². The van der Waals surface area contributed by atoms with E-state index in [9.17, 15) is 22.0 Å². The van der Waals surface area contributed by atoms with Gasteiger partial charge in [-0.25, -0.2) is 17.2 Å². The normalized spacial score (nSPS) is 16.4. The molecule has 0 heterocycles. The molecule has 0 spiro atoms. The van der Waals surface area contributed by atoms with Gasteiger partial charge in [0, 0.05) is 6.04 Å².